The van der Waals surface area contributed by atoms with Crippen LogP contribution >= 0.6 is 0 Å². The van der Waals surface area contributed by atoms with Gasteiger partial charge in [0.1, 0.15) is 11.6 Å². The van der Waals surface area contributed by atoms with Crippen molar-refractivity contribution in [3.05, 3.63) is 35.9 Å². The molecule has 6 nitrogen and oxygen atoms in total. The molecule has 0 bridgehead atoms. The quantitative estimate of drug-likeness (QED) is 0.694. The van der Waals surface area contributed by atoms with Crippen molar-refractivity contribution < 1.29 is 9.52 Å². The molecule has 0 radical (unpaired) electrons. The minimum absolute atomic E-state index is 0.0534. The molecule has 0 saturated heterocycles. The molecule has 0 spiro atoms. The second-order valence-electron chi connectivity index (χ2n) is 6.39. The van der Waals surface area contributed by atoms with Gasteiger partial charge in [-0.05, 0) is 30.9 Å². The molecule has 0 unspecified atom stereocenters. The van der Waals surface area contributed by atoms with E-state index in [9.17, 15) is 5.11 Å². The molecule has 2 heterocycles. The van der Waals surface area contributed by atoms with Crippen molar-refractivity contribution in [3.63, 3.8) is 0 Å². The Morgan fingerprint density at radius 2 is 2.17 bits per heavy atom. The maximum absolute atomic E-state index is 9.50. The van der Waals surface area contributed by atoms with Crippen LogP contribution in [0.25, 0.3) is 0 Å². The molecule has 0 aromatic carbocycles. The Labute approximate surface area is 136 Å². The molecule has 1 saturated carbocycles. The van der Waals surface area contributed by atoms with Gasteiger partial charge in [0.25, 0.3) is 0 Å². The molecule has 0 aliphatic heterocycles. The fourth-order valence-corrected chi connectivity index (χ4v) is 2.39. The Hall–Kier alpha value is -2.08. The van der Waals surface area contributed by atoms with Crippen LogP contribution in [0.1, 0.15) is 44.1 Å². The minimum atomic E-state index is -0.0534. The van der Waals surface area contributed by atoms with Gasteiger partial charge in [0.05, 0.1) is 31.2 Å². The zero-order valence-electron chi connectivity index (χ0n) is 13.6. The summed E-state index contributed by atoms with van der Waals surface area (Å²) in [6.07, 6.45) is 4.03. The van der Waals surface area contributed by atoms with Crippen LogP contribution in [0.4, 0.5) is 11.8 Å². The molecular formula is C17H24N4O2. The maximum atomic E-state index is 9.50. The molecule has 1 aliphatic rings. The molecule has 1 fully saturated rings. The predicted molar refractivity (Wildman–Crippen MR) is 89.4 cm³/mol. The lowest BCUT2D eigenvalue weighted by Gasteiger charge is -2.20. The van der Waals surface area contributed by atoms with Gasteiger partial charge in [0.15, 0.2) is 0 Å². The van der Waals surface area contributed by atoms with Crippen LogP contribution in [-0.4, -0.2) is 27.7 Å². The van der Waals surface area contributed by atoms with E-state index in [0.29, 0.717) is 24.3 Å². The Kier molecular flexibility index (Phi) is 4.81. The predicted octanol–water partition coefficient (Wildman–Crippen LogP) is 2.99. The number of nitrogens with one attached hydrogen (secondary N) is 2. The van der Waals surface area contributed by atoms with E-state index in [0.717, 1.165) is 17.3 Å². The second-order valence-corrected chi connectivity index (χ2v) is 6.39. The zero-order chi connectivity index (χ0) is 16.2. The van der Waals surface area contributed by atoms with Crippen molar-refractivity contribution in [2.45, 2.75) is 45.2 Å². The summed E-state index contributed by atoms with van der Waals surface area (Å²) in [7, 11) is 0. The molecule has 2 aromatic heterocycles. The number of furan rings is 1. The molecule has 1 atom stereocenters. The van der Waals surface area contributed by atoms with Gasteiger partial charge < -0.3 is 20.2 Å². The van der Waals surface area contributed by atoms with E-state index in [-0.39, 0.29) is 12.6 Å². The van der Waals surface area contributed by atoms with E-state index in [2.05, 4.69) is 34.4 Å². The van der Waals surface area contributed by atoms with Gasteiger partial charge in [-0.1, -0.05) is 13.8 Å². The highest BCUT2D eigenvalue weighted by atomic mass is 16.3. The average molecular weight is 316 g/mol. The summed E-state index contributed by atoms with van der Waals surface area (Å²) >= 11 is 0. The van der Waals surface area contributed by atoms with Crippen LogP contribution in [0, 0.1) is 5.92 Å². The number of aromatic nitrogens is 2. The number of hydrogen-bond donors (Lipinski definition) is 3. The molecule has 1 aliphatic carbocycles. The fraction of sp³-hybridized carbons (Fsp3) is 0.529. The summed E-state index contributed by atoms with van der Waals surface area (Å²) in [4.78, 5) is 9.14. The van der Waals surface area contributed by atoms with E-state index in [4.69, 9.17) is 4.42 Å². The van der Waals surface area contributed by atoms with Crippen molar-refractivity contribution in [1.82, 2.24) is 9.97 Å². The van der Waals surface area contributed by atoms with Gasteiger partial charge in [-0.2, -0.15) is 4.98 Å². The van der Waals surface area contributed by atoms with Crippen molar-refractivity contribution in [3.8, 4) is 0 Å². The Morgan fingerprint density at radius 1 is 1.35 bits per heavy atom. The third-order valence-electron chi connectivity index (χ3n) is 4.08. The molecule has 0 amide bonds. The summed E-state index contributed by atoms with van der Waals surface area (Å²) in [6.45, 7) is 4.77. The van der Waals surface area contributed by atoms with Crippen molar-refractivity contribution in [1.29, 1.82) is 0 Å². The average Bonchev–Trinajstić information content (AvgIpc) is 3.27. The van der Waals surface area contributed by atoms with E-state index in [1.807, 2.05) is 18.2 Å². The van der Waals surface area contributed by atoms with E-state index >= 15 is 0 Å². The van der Waals surface area contributed by atoms with Gasteiger partial charge in [0, 0.05) is 12.0 Å². The summed E-state index contributed by atoms with van der Waals surface area (Å²) in [5.41, 5.74) is 1.06. The number of aliphatic hydroxyl groups is 1. The van der Waals surface area contributed by atoms with Crippen LogP contribution in [0.2, 0.25) is 0 Å². The number of rotatable bonds is 8. The largest absolute Gasteiger partial charge is 0.467 e. The van der Waals surface area contributed by atoms with E-state index < -0.39 is 0 Å². The van der Waals surface area contributed by atoms with E-state index in [1.165, 1.54) is 12.8 Å². The van der Waals surface area contributed by atoms with Crippen LogP contribution in [0.5, 0.6) is 0 Å². The zero-order valence-corrected chi connectivity index (χ0v) is 13.6. The number of nitrogens with zero attached hydrogens (tertiary/aromatic N) is 2. The van der Waals surface area contributed by atoms with Crippen molar-refractivity contribution >= 4 is 11.8 Å². The summed E-state index contributed by atoms with van der Waals surface area (Å²) in [5, 5.41) is 16.0. The van der Waals surface area contributed by atoms with Crippen LogP contribution in [-0.2, 0) is 6.54 Å². The fourth-order valence-electron chi connectivity index (χ4n) is 2.39. The van der Waals surface area contributed by atoms with Crippen LogP contribution < -0.4 is 10.6 Å². The molecule has 6 heteroatoms. The van der Waals surface area contributed by atoms with Crippen LogP contribution in [0.15, 0.2) is 28.9 Å². The third-order valence-corrected chi connectivity index (χ3v) is 4.08. The first-order valence-electron chi connectivity index (χ1n) is 8.18. The molecule has 2 aromatic rings. The molecule has 124 valence electrons. The van der Waals surface area contributed by atoms with Gasteiger partial charge in [-0.3, -0.25) is 0 Å². The number of hydrogen-bond acceptors (Lipinski definition) is 6. The standard InChI is InChI=1S/C17H24N4O2/c1-11(2)15(10-22)20-17-19-14(12-5-6-12)8-16(21-17)18-9-13-4-3-7-23-13/h3-4,7-8,11-12,15,22H,5-6,9-10H2,1-2H3,(H2,18,19,20,21)/t15-/m1/s1. The highest BCUT2D eigenvalue weighted by Gasteiger charge is 2.26. The number of aliphatic hydroxyl groups excluding tert-OH is 1. The molecule has 23 heavy (non-hydrogen) atoms. The first-order chi connectivity index (χ1) is 11.2. The van der Waals surface area contributed by atoms with Gasteiger partial charge in [-0.15, -0.1) is 0 Å². The molecular weight excluding hydrogens is 292 g/mol. The normalized spacial score (nSPS) is 15.7. The van der Waals surface area contributed by atoms with Crippen LogP contribution in [0.3, 0.4) is 0 Å². The molecule has 3 rings (SSSR count). The highest BCUT2D eigenvalue weighted by molar-refractivity contribution is 5.44. The third kappa shape index (κ3) is 4.22. The lowest BCUT2D eigenvalue weighted by atomic mass is 10.1. The number of anilines is 2. The maximum Gasteiger partial charge on any atom is 0.225 e. The summed E-state index contributed by atoms with van der Waals surface area (Å²) in [5.74, 6) is 3.05. The highest BCUT2D eigenvalue weighted by Crippen LogP contribution is 2.40. The molecule has 3 N–H and O–H groups in total. The first-order valence-corrected chi connectivity index (χ1v) is 8.18. The second kappa shape index (κ2) is 7.00. The van der Waals surface area contributed by atoms with Gasteiger partial charge >= 0.3 is 0 Å². The summed E-state index contributed by atoms with van der Waals surface area (Å²) < 4.78 is 5.33. The lowest BCUT2D eigenvalue weighted by molar-refractivity contribution is 0.248. The van der Waals surface area contributed by atoms with Crippen molar-refractivity contribution in [2.24, 2.45) is 5.92 Å². The van der Waals surface area contributed by atoms with E-state index in [1.54, 1.807) is 6.26 Å². The van der Waals surface area contributed by atoms with Gasteiger partial charge in [0.2, 0.25) is 5.95 Å². The summed E-state index contributed by atoms with van der Waals surface area (Å²) in [6, 6.07) is 5.75. The first kappa shape index (κ1) is 15.8. The SMILES string of the molecule is CC(C)[C@@H](CO)Nc1nc(NCc2ccco2)cc(C2CC2)n1. The van der Waals surface area contributed by atoms with Crippen molar-refractivity contribution in [2.75, 3.05) is 17.2 Å². The lowest BCUT2D eigenvalue weighted by Crippen LogP contribution is -2.30. The monoisotopic (exact) mass is 316 g/mol. The Bertz CT molecular complexity index is 624. The Morgan fingerprint density at radius 3 is 2.78 bits per heavy atom. The van der Waals surface area contributed by atoms with Gasteiger partial charge in [-0.25, -0.2) is 4.98 Å². The topological polar surface area (TPSA) is 83.2 Å². The smallest absolute Gasteiger partial charge is 0.225 e. The Balaban J connectivity index is 1.75. The minimum Gasteiger partial charge on any atom is -0.467 e.